The van der Waals surface area contributed by atoms with Crippen molar-refractivity contribution >= 4 is 11.7 Å². The fraction of sp³-hybridized carbons (Fsp3) is 0.615. The van der Waals surface area contributed by atoms with Gasteiger partial charge in [-0.25, -0.2) is 0 Å². The quantitative estimate of drug-likeness (QED) is 0.865. The Balaban J connectivity index is 1.98. The van der Waals surface area contributed by atoms with Crippen molar-refractivity contribution in [2.45, 2.75) is 25.8 Å². The summed E-state index contributed by atoms with van der Waals surface area (Å²) in [6, 6.07) is 3.52. The summed E-state index contributed by atoms with van der Waals surface area (Å²) in [6.45, 7) is 5.34. The van der Waals surface area contributed by atoms with Gasteiger partial charge in [0, 0.05) is 26.2 Å². The van der Waals surface area contributed by atoms with E-state index in [1.807, 2.05) is 7.05 Å². The van der Waals surface area contributed by atoms with Crippen molar-refractivity contribution in [2.75, 3.05) is 32.4 Å². The molecule has 1 aliphatic rings. The first-order valence-corrected chi connectivity index (χ1v) is 6.70. The van der Waals surface area contributed by atoms with E-state index in [-0.39, 0.29) is 11.9 Å². The highest BCUT2D eigenvalue weighted by molar-refractivity contribution is 5.92. The van der Waals surface area contributed by atoms with Gasteiger partial charge in [0.15, 0.2) is 5.69 Å². The summed E-state index contributed by atoms with van der Waals surface area (Å²) in [5.41, 5.74) is 5.83. The van der Waals surface area contributed by atoms with E-state index in [2.05, 4.69) is 22.0 Å². The highest BCUT2D eigenvalue weighted by Crippen LogP contribution is 2.16. The van der Waals surface area contributed by atoms with Crippen LogP contribution in [0.5, 0.6) is 0 Å². The molecule has 1 amide bonds. The first-order chi connectivity index (χ1) is 9.11. The number of anilines is 1. The molecule has 6 nitrogen and oxygen atoms in total. The van der Waals surface area contributed by atoms with Crippen LogP contribution in [0, 0.1) is 0 Å². The molecule has 0 aliphatic carbocycles. The Bertz CT molecular complexity index is 425. The second-order valence-electron chi connectivity index (χ2n) is 4.92. The molecule has 0 aromatic carbocycles. The monoisotopic (exact) mass is 263 g/mol. The Morgan fingerprint density at radius 1 is 1.42 bits per heavy atom. The standard InChI is InChI=1S/C13H21N5O/c1-3-18-8-6-10(7-9-18)17(2)13(19)11-4-5-12(14)16-15-11/h4-5,10H,3,6-9H2,1-2H3,(H2,14,16). The van der Waals surface area contributed by atoms with E-state index >= 15 is 0 Å². The van der Waals surface area contributed by atoms with Gasteiger partial charge in [0.2, 0.25) is 0 Å². The summed E-state index contributed by atoms with van der Waals surface area (Å²) >= 11 is 0. The number of rotatable bonds is 3. The van der Waals surface area contributed by atoms with Crippen molar-refractivity contribution in [3.8, 4) is 0 Å². The first-order valence-electron chi connectivity index (χ1n) is 6.70. The third-order valence-electron chi connectivity index (χ3n) is 3.78. The molecule has 1 saturated heterocycles. The van der Waals surface area contributed by atoms with Crippen LogP contribution in [0.1, 0.15) is 30.3 Å². The minimum atomic E-state index is -0.0811. The van der Waals surface area contributed by atoms with E-state index in [1.54, 1.807) is 17.0 Å². The zero-order valence-electron chi connectivity index (χ0n) is 11.5. The van der Waals surface area contributed by atoms with Gasteiger partial charge in [-0.05, 0) is 31.5 Å². The van der Waals surface area contributed by atoms with Gasteiger partial charge in [-0.1, -0.05) is 6.92 Å². The normalized spacial score (nSPS) is 17.4. The Morgan fingerprint density at radius 2 is 2.11 bits per heavy atom. The molecule has 2 N–H and O–H groups in total. The molecule has 19 heavy (non-hydrogen) atoms. The Hall–Kier alpha value is -1.69. The van der Waals surface area contributed by atoms with Crippen LogP contribution in [-0.2, 0) is 0 Å². The van der Waals surface area contributed by atoms with Crippen molar-refractivity contribution < 1.29 is 4.79 Å². The van der Waals surface area contributed by atoms with Gasteiger partial charge < -0.3 is 15.5 Å². The topological polar surface area (TPSA) is 75.3 Å². The molecule has 0 atom stereocenters. The number of nitrogens with zero attached hydrogens (tertiary/aromatic N) is 4. The number of aromatic nitrogens is 2. The number of likely N-dealkylation sites (tertiary alicyclic amines) is 1. The Morgan fingerprint density at radius 3 is 2.63 bits per heavy atom. The van der Waals surface area contributed by atoms with Crippen molar-refractivity contribution in [1.82, 2.24) is 20.0 Å². The molecule has 104 valence electrons. The minimum absolute atomic E-state index is 0.0811. The molecule has 0 spiro atoms. The lowest BCUT2D eigenvalue weighted by molar-refractivity contribution is 0.0640. The maximum Gasteiger partial charge on any atom is 0.274 e. The fourth-order valence-electron chi connectivity index (χ4n) is 2.43. The van der Waals surface area contributed by atoms with Crippen LogP contribution in [0.15, 0.2) is 12.1 Å². The Kier molecular flexibility index (Phi) is 4.31. The minimum Gasteiger partial charge on any atom is -0.382 e. The molecular weight excluding hydrogens is 242 g/mol. The number of nitrogen functional groups attached to an aromatic ring is 1. The number of amides is 1. The molecule has 1 aromatic heterocycles. The molecule has 0 saturated carbocycles. The van der Waals surface area contributed by atoms with Gasteiger partial charge in [0.1, 0.15) is 5.82 Å². The lowest BCUT2D eigenvalue weighted by atomic mass is 10.0. The zero-order chi connectivity index (χ0) is 13.8. The van der Waals surface area contributed by atoms with Gasteiger partial charge >= 0.3 is 0 Å². The molecule has 1 fully saturated rings. The van der Waals surface area contributed by atoms with Crippen LogP contribution < -0.4 is 5.73 Å². The highest BCUT2D eigenvalue weighted by Gasteiger charge is 2.26. The molecule has 0 unspecified atom stereocenters. The predicted octanol–water partition coefficient (Wildman–Crippen LogP) is 0.615. The lowest BCUT2D eigenvalue weighted by Gasteiger charge is -2.36. The van der Waals surface area contributed by atoms with Gasteiger partial charge in [-0.2, -0.15) is 0 Å². The molecule has 1 aliphatic heterocycles. The summed E-state index contributed by atoms with van der Waals surface area (Å²) in [7, 11) is 1.84. The van der Waals surface area contributed by atoms with Crippen LogP contribution in [0.3, 0.4) is 0 Å². The van der Waals surface area contributed by atoms with Crippen molar-refractivity contribution in [3.63, 3.8) is 0 Å². The smallest absolute Gasteiger partial charge is 0.274 e. The van der Waals surface area contributed by atoms with Gasteiger partial charge in [0.25, 0.3) is 5.91 Å². The van der Waals surface area contributed by atoms with Gasteiger partial charge in [-0.15, -0.1) is 10.2 Å². The van der Waals surface area contributed by atoms with E-state index in [4.69, 9.17) is 5.73 Å². The van der Waals surface area contributed by atoms with E-state index < -0.39 is 0 Å². The number of hydrogen-bond acceptors (Lipinski definition) is 5. The number of carbonyl (C=O) groups excluding carboxylic acids is 1. The summed E-state index contributed by atoms with van der Waals surface area (Å²) < 4.78 is 0. The molecule has 0 bridgehead atoms. The summed E-state index contributed by atoms with van der Waals surface area (Å²) in [4.78, 5) is 16.5. The lowest BCUT2D eigenvalue weighted by Crippen LogP contribution is -2.45. The fourth-order valence-corrected chi connectivity index (χ4v) is 2.43. The average molecular weight is 263 g/mol. The van der Waals surface area contributed by atoms with Crippen molar-refractivity contribution in [3.05, 3.63) is 17.8 Å². The van der Waals surface area contributed by atoms with Crippen LogP contribution >= 0.6 is 0 Å². The predicted molar refractivity (Wildman–Crippen MR) is 73.7 cm³/mol. The van der Waals surface area contributed by atoms with Crippen LogP contribution in [-0.4, -0.2) is 58.6 Å². The summed E-state index contributed by atoms with van der Waals surface area (Å²) in [6.07, 6.45) is 2.02. The van der Waals surface area contributed by atoms with Crippen LogP contribution in [0.25, 0.3) is 0 Å². The first kappa shape index (κ1) is 13.7. The van der Waals surface area contributed by atoms with E-state index in [9.17, 15) is 4.79 Å². The molecular formula is C13H21N5O. The van der Waals surface area contributed by atoms with Gasteiger partial charge in [-0.3, -0.25) is 4.79 Å². The second kappa shape index (κ2) is 5.97. The number of piperidine rings is 1. The summed E-state index contributed by atoms with van der Waals surface area (Å²) in [5.74, 6) is 0.248. The number of nitrogens with two attached hydrogens (primary N) is 1. The third kappa shape index (κ3) is 3.20. The number of carbonyl (C=O) groups is 1. The molecule has 2 rings (SSSR count). The maximum absolute atomic E-state index is 12.3. The summed E-state index contributed by atoms with van der Waals surface area (Å²) in [5, 5.41) is 7.57. The number of hydrogen-bond donors (Lipinski definition) is 1. The molecule has 2 heterocycles. The zero-order valence-corrected chi connectivity index (χ0v) is 11.5. The molecule has 1 aromatic rings. The van der Waals surface area contributed by atoms with Crippen LogP contribution in [0.4, 0.5) is 5.82 Å². The SMILES string of the molecule is CCN1CCC(N(C)C(=O)c2ccc(N)nn2)CC1. The van der Waals surface area contributed by atoms with E-state index in [0.29, 0.717) is 11.5 Å². The van der Waals surface area contributed by atoms with E-state index in [1.165, 1.54) is 0 Å². The molecule has 6 heteroatoms. The largest absolute Gasteiger partial charge is 0.382 e. The van der Waals surface area contributed by atoms with Crippen LogP contribution in [0.2, 0.25) is 0 Å². The molecule has 0 radical (unpaired) electrons. The van der Waals surface area contributed by atoms with Gasteiger partial charge in [0.05, 0.1) is 0 Å². The second-order valence-corrected chi connectivity index (χ2v) is 4.92. The Labute approximate surface area is 113 Å². The van der Waals surface area contributed by atoms with Crippen molar-refractivity contribution in [2.24, 2.45) is 0 Å². The van der Waals surface area contributed by atoms with E-state index in [0.717, 1.165) is 32.5 Å². The highest BCUT2D eigenvalue weighted by atomic mass is 16.2. The maximum atomic E-state index is 12.3. The van der Waals surface area contributed by atoms with Crippen molar-refractivity contribution in [1.29, 1.82) is 0 Å². The third-order valence-corrected chi connectivity index (χ3v) is 3.78. The average Bonchev–Trinajstić information content (AvgIpc) is 2.46.